The molecule has 1 unspecified atom stereocenters. The van der Waals surface area contributed by atoms with E-state index in [2.05, 4.69) is 4.72 Å². The Morgan fingerprint density at radius 1 is 1.38 bits per heavy atom. The Balaban J connectivity index is 1.93. The number of carboxylic acid groups (broad SMARTS) is 1. The molecule has 0 aliphatic carbocycles. The van der Waals surface area contributed by atoms with Crippen molar-refractivity contribution in [1.29, 1.82) is 0 Å². The largest absolute Gasteiger partial charge is 0.480 e. The fourth-order valence-electron chi connectivity index (χ4n) is 2.38. The molecule has 9 nitrogen and oxygen atoms in total. The van der Waals surface area contributed by atoms with Gasteiger partial charge in [-0.2, -0.15) is 0 Å². The molecule has 26 heavy (non-hydrogen) atoms. The highest BCUT2D eigenvalue weighted by Crippen LogP contribution is 2.15. The summed E-state index contributed by atoms with van der Waals surface area (Å²) in [5.41, 5.74) is 0.643. The van der Waals surface area contributed by atoms with E-state index in [1.807, 2.05) is 0 Å². The van der Waals surface area contributed by atoms with Crippen LogP contribution in [0.5, 0.6) is 5.75 Å². The van der Waals surface area contributed by atoms with Crippen LogP contribution in [0.1, 0.15) is 18.9 Å². The molecule has 0 radical (unpaired) electrons. The first-order valence-electron chi connectivity index (χ1n) is 8.17. The normalized spacial score (nSPS) is 15.6. The molecule has 10 heteroatoms. The van der Waals surface area contributed by atoms with Crippen molar-refractivity contribution < 1.29 is 32.6 Å². The molecule has 2 rings (SSSR count). The number of ether oxygens (including phenoxy) is 2. The SMILES string of the molecule is CCCS(=O)(=O)NC(Cc1ccc(OCN2CCOC2=O)cc1)C(=O)O. The van der Waals surface area contributed by atoms with Crippen LogP contribution in [0.25, 0.3) is 0 Å². The van der Waals surface area contributed by atoms with E-state index in [9.17, 15) is 23.1 Å². The number of cyclic esters (lactones) is 1. The molecule has 0 spiro atoms. The van der Waals surface area contributed by atoms with Crippen LogP contribution in [0, 0.1) is 0 Å². The lowest BCUT2D eigenvalue weighted by Gasteiger charge is -2.16. The van der Waals surface area contributed by atoms with Crippen LogP contribution < -0.4 is 9.46 Å². The molecule has 1 aliphatic rings. The number of hydrogen-bond acceptors (Lipinski definition) is 6. The molecule has 1 aromatic rings. The van der Waals surface area contributed by atoms with E-state index in [4.69, 9.17) is 9.47 Å². The monoisotopic (exact) mass is 386 g/mol. The van der Waals surface area contributed by atoms with E-state index < -0.39 is 28.1 Å². The zero-order chi connectivity index (χ0) is 19.2. The second-order valence-electron chi connectivity index (χ2n) is 5.83. The standard InChI is InChI=1S/C16H22N2O7S/c1-2-9-26(22,23)17-14(15(19)20)10-12-3-5-13(6-4-12)25-11-18-7-8-24-16(18)21/h3-6,14,17H,2,7-11H2,1H3,(H,19,20). The van der Waals surface area contributed by atoms with Crippen molar-refractivity contribution in [3.8, 4) is 5.75 Å². The van der Waals surface area contributed by atoms with Gasteiger partial charge in [-0.25, -0.2) is 17.9 Å². The van der Waals surface area contributed by atoms with E-state index in [1.54, 1.807) is 31.2 Å². The quantitative estimate of drug-likeness (QED) is 0.610. The van der Waals surface area contributed by atoms with Crippen LogP contribution in [0.2, 0.25) is 0 Å². The van der Waals surface area contributed by atoms with E-state index in [-0.39, 0.29) is 18.9 Å². The highest BCUT2D eigenvalue weighted by molar-refractivity contribution is 7.89. The Hall–Kier alpha value is -2.33. The third kappa shape index (κ3) is 5.88. The highest BCUT2D eigenvalue weighted by atomic mass is 32.2. The van der Waals surface area contributed by atoms with Crippen molar-refractivity contribution in [1.82, 2.24) is 9.62 Å². The summed E-state index contributed by atoms with van der Waals surface area (Å²) in [6, 6.07) is 5.34. The minimum Gasteiger partial charge on any atom is -0.480 e. The van der Waals surface area contributed by atoms with Gasteiger partial charge >= 0.3 is 12.1 Å². The maximum absolute atomic E-state index is 11.8. The molecule has 144 valence electrons. The molecule has 1 heterocycles. The number of carboxylic acids is 1. The van der Waals surface area contributed by atoms with Crippen molar-refractivity contribution >= 4 is 22.1 Å². The number of nitrogens with one attached hydrogen (secondary N) is 1. The smallest absolute Gasteiger partial charge is 0.412 e. The van der Waals surface area contributed by atoms with E-state index in [0.29, 0.717) is 30.9 Å². The summed E-state index contributed by atoms with van der Waals surface area (Å²) in [6.07, 6.45) is -0.0137. The minimum absolute atomic E-state index is 0.0109. The van der Waals surface area contributed by atoms with Gasteiger partial charge in [0.15, 0.2) is 6.73 Å². The lowest BCUT2D eigenvalue weighted by Crippen LogP contribution is -2.43. The van der Waals surface area contributed by atoms with Crippen molar-refractivity contribution in [2.24, 2.45) is 0 Å². The van der Waals surface area contributed by atoms with Gasteiger partial charge in [0.05, 0.1) is 12.3 Å². The zero-order valence-corrected chi connectivity index (χ0v) is 15.2. The first-order chi connectivity index (χ1) is 12.3. The maximum Gasteiger partial charge on any atom is 0.412 e. The van der Waals surface area contributed by atoms with Crippen molar-refractivity contribution in [3.05, 3.63) is 29.8 Å². The van der Waals surface area contributed by atoms with Gasteiger partial charge in [0.25, 0.3) is 0 Å². The lowest BCUT2D eigenvalue weighted by atomic mass is 10.1. The Morgan fingerprint density at radius 3 is 2.62 bits per heavy atom. The molecule has 1 aliphatic heterocycles. The van der Waals surface area contributed by atoms with Crippen molar-refractivity contribution in [2.45, 2.75) is 25.8 Å². The van der Waals surface area contributed by atoms with Crippen molar-refractivity contribution in [2.75, 3.05) is 25.6 Å². The predicted octanol–water partition coefficient (Wildman–Crippen LogP) is 0.800. The summed E-state index contributed by atoms with van der Waals surface area (Å²) < 4.78 is 36.1. The number of nitrogens with zero attached hydrogens (tertiary/aromatic N) is 1. The molecular formula is C16H22N2O7S. The summed E-state index contributed by atoms with van der Waals surface area (Å²) in [6.45, 7) is 2.57. The average Bonchev–Trinajstić information content (AvgIpc) is 2.98. The number of sulfonamides is 1. The van der Waals surface area contributed by atoms with Crippen LogP contribution in [-0.2, 0) is 26.0 Å². The minimum atomic E-state index is -3.63. The molecule has 1 saturated heterocycles. The van der Waals surface area contributed by atoms with Crippen molar-refractivity contribution in [3.63, 3.8) is 0 Å². The third-order valence-corrected chi connectivity index (χ3v) is 5.28. The number of carbonyl (C=O) groups is 2. The molecule has 1 atom stereocenters. The Kier molecular flexibility index (Phi) is 6.81. The van der Waals surface area contributed by atoms with Crippen LogP contribution in [0.4, 0.5) is 4.79 Å². The number of benzene rings is 1. The second-order valence-corrected chi connectivity index (χ2v) is 7.70. The van der Waals surface area contributed by atoms with E-state index in [0.717, 1.165) is 0 Å². The molecule has 1 amide bonds. The number of rotatable bonds is 10. The molecular weight excluding hydrogens is 364 g/mol. The van der Waals surface area contributed by atoms with Gasteiger partial charge < -0.3 is 14.6 Å². The van der Waals surface area contributed by atoms with Crippen LogP contribution >= 0.6 is 0 Å². The molecule has 1 aromatic carbocycles. The Labute approximate surface area is 151 Å². The number of hydrogen-bond donors (Lipinski definition) is 2. The molecule has 1 fully saturated rings. The Morgan fingerprint density at radius 2 is 2.08 bits per heavy atom. The van der Waals surface area contributed by atoms with Gasteiger partial charge in [0.2, 0.25) is 10.0 Å². The van der Waals surface area contributed by atoms with E-state index in [1.165, 1.54) is 4.90 Å². The second kappa shape index (κ2) is 8.86. The summed E-state index contributed by atoms with van der Waals surface area (Å²) in [5.74, 6) is -0.855. The lowest BCUT2D eigenvalue weighted by molar-refractivity contribution is -0.138. The van der Waals surface area contributed by atoms with Crippen LogP contribution in [0.15, 0.2) is 24.3 Å². The Bertz CT molecular complexity index is 733. The summed E-state index contributed by atoms with van der Waals surface area (Å²) in [7, 11) is -3.63. The van der Waals surface area contributed by atoms with Gasteiger partial charge in [-0.05, 0) is 30.5 Å². The summed E-state index contributed by atoms with van der Waals surface area (Å²) in [5, 5.41) is 9.25. The van der Waals surface area contributed by atoms with Crippen LogP contribution in [0.3, 0.4) is 0 Å². The third-order valence-electron chi connectivity index (χ3n) is 3.69. The average molecular weight is 386 g/mol. The van der Waals surface area contributed by atoms with Gasteiger partial charge in [-0.15, -0.1) is 0 Å². The summed E-state index contributed by atoms with van der Waals surface area (Å²) in [4.78, 5) is 24.1. The first kappa shape index (κ1) is 20.0. The highest BCUT2D eigenvalue weighted by Gasteiger charge is 2.24. The molecule has 0 aromatic heterocycles. The number of aliphatic carboxylic acids is 1. The number of carbonyl (C=O) groups excluding carboxylic acids is 1. The molecule has 0 saturated carbocycles. The first-order valence-corrected chi connectivity index (χ1v) is 9.82. The van der Waals surface area contributed by atoms with E-state index >= 15 is 0 Å². The topological polar surface area (TPSA) is 122 Å². The molecule has 2 N–H and O–H groups in total. The van der Waals surface area contributed by atoms with Gasteiger partial charge in [0.1, 0.15) is 18.4 Å². The molecule has 0 bridgehead atoms. The number of amides is 1. The fourth-order valence-corrected chi connectivity index (χ4v) is 3.65. The van der Waals surface area contributed by atoms with Crippen LogP contribution in [-0.4, -0.2) is 62.2 Å². The zero-order valence-electron chi connectivity index (χ0n) is 14.4. The van der Waals surface area contributed by atoms with Gasteiger partial charge in [-0.3, -0.25) is 9.69 Å². The summed E-state index contributed by atoms with van der Waals surface area (Å²) >= 11 is 0. The van der Waals surface area contributed by atoms with Gasteiger partial charge in [-0.1, -0.05) is 19.1 Å². The fraction of sp³-hybridized carbons (Fsp3) is 0.500. The predicted molar refractivity (Wildman–Crippen MR) is 92.3 cm³/mol. The van der Waals surface area contributed by atoms with Gasteiger partial charge in [0, 0.05) is 0 Å². The maximum atomic E-state index is 11.8.